The molecule has 0 unspecified atom stereocenters. The minimum Gasteiger partial charge on any atom is -0.480 e. The number of aliphatic carboxylic acids is 1. The number of nitrogens with zero attached hydrogens (tertiary/aromatic N) is 1. The Kier molecular flexibility index (Phi) is 6.50. The van der Waals surface area contributed by atoms with Crippen molar-refractivity contribution in [2.75, 3.05) is 19.7 Å². The fraction of sp³-hybridized carbons (Fsp3) is 0.464. The van der Waals surface area contributed by atoms with Gasteiger partial charge in [-0.05, 0) is 47.9 Å². The lowest BCUT2D eigenvalue weighted by Gasteiger charge is -2.44. The summed E-state index contributed by atoms with van der Waals surface area (Å²) in [7, 11) is 0. The van der Waals surface area contributed by atoms with Crippen LogP contribution in [0.15, 0.2) is 48.5 Å². The summed E-state index contributed by atoms with van der Waals surface area (Å²) in [6.45, 7) is 0.107. The van der Waals surface area contributed by atoms with Gasteiger partial charge in [0.15, 0.2) is 0 Å². The lowest BCUT2D eigenvalue weighted by molar-refractivity contribution is -0.155. The number of hydrogen-bond donors (Lipinski definition) is 2. The number of carbonyl (C=O) groups excluding carboxylic acids is 2. The van der Waals surface area contributed by atoms with Crippen molar-refractivity contribution in [1.82, 2.24) is 10.2 Å². The zero-order valence-corrected chi connectivity index (χ0v) is 19.9. The number of ether oxygens (including phenoxy) is 1. The van der Waals surface area contributed by atoms with Gasteiger partial charge in [-0.1, -0.05) is 67.8 Å². The molecule has 0 spiro atoms. The Morgan fingerprint density at radius 1 is 0.943 bits per heavy atom. The Balaban J connectivity index is 1.22. The fourth-order valence-electron chi connectivity index (χ4n) is 5.99. The lowest BCUT2D eigenvalue weighted by atomic mass is 9.67. The number of nitrogens with one attached hydrogen (secondary N) is 1. The summed E-state index contributed by atoms with van der Waals surface area (Å²) in [5.41, 5.74) is 3.90. The molecule has 2 aromatic rings. The van der Waals surface area contributed by atoms with E-state index in [2.05, 4.69) is 29.6 Å². The Morgan fingerprint density at radius 3 is 2.09 bits per heavy atom. The highest BCUT2D eigenvalue weighted by Crippen LogP contribution is 2.45. The molecule has 3 aliphatic rings. The van der Waals surface area contributed by atoms with Crippen LogP contribution in [-0.2, 0) is 14.3 Å². The smallest absolute Gasteiger partial charge is 0.407 e. The van der Waals surface area contributed by atoms with Crippen molar-refractivity contribution in [3.8, 4) is 11.1 Å². The van der Waals surface area contributed by atoms with E-state index in [1.54, 1.807) is 4.90 Å². The van der Waals surface area contributed by atoms with Crippen molar-refractivity contribution in [1.29, 1.82) is 0 Å². The van der Waals surface area contributed by atoms with Gasteiger partial charge in [0.2, 0.25) is 5.91 Å². The first-order valence-corrected chi connectivity index (χ1v) is 12.6. The van der Waals surface area contributed by atoms with Crippen LogP contribution in [0.2, 0.25) is 0 Å². The molecule has 0 atom stereocenters. The van der Waals surface area contributed by atoms with E-state index in [0.29, 0.717) is 12.8 Å². The minimum atomic E-state index is -0.996. The first kappa shape index (κ1) is 23.4. The highest BCUT2D eigenvalue weighted by Gasteiger charge is 2.48. The van der Waals surface area contributed by atoms with Crippen LogP contribution >= 0.6 is 0 Å². The standard InChI is InChI=1S/C28H32N2O5/c31-25(32)16-30(19-8-1-2-9-19)26(33)28(14-7-15-28)18-29-27(34)35-17-24-22-12-5-3-10-20(22)21-11-4-6-13-23(21)24/h3-6,10-13,19,24H,1-2,7-9,14-18H2,(H,29,34)(H,31,32). The molecule has 0 radical (unpaired) electrons. The third-order valence-corrected chi connectivity index (χ3v) is 8.01. The normalized spacial score (nSPS) is 18.3. The van der Waals surface area contributed by atoms with Crippen molar-refractivity contribution in [3.63, 3.8) is 0 Å². The molecule has 7 nitrogen and oxygen atoms in total. The summed E-state index contributed by atoms with van der Waals surface area (Å²) < 4.78 is 5.64. The van der Waals surface area contributed by atoms with Crippen LogP contribution < -0.4 is 5.32 Å². The molecule has 0 aliphatic heterocycles. The molecule has 3 aliphatic carbocycles. The van der Waals surface area contributed by atoms with E-state index in [9.17, 15) is 19.5 Å². The number of alkyl carbamates (subject to hydrolysis) is 1. The van der Waals surface area contributed by atoms with Crippen LogP contribution in [0.1, 0.15) is 62.0 Å². The SMILES string of the molecule is O=C(O)CN(C(=O)C1(CNC(=O)OCC2c3ccccc3-c3ccccc32)CCC1)C1CCCC1. The molecule has 2 saturated carbocycles. The minimum absolute atomic E-state index is 0.0227. The van der Waals surface area contributed by atoms with Crippen LogP contribution in [0.4, 0.5) is 4.79 Å². The molecule has 0 heterocycles. The summed E-state index contributed by atoms with van der Waals surface area (Å²) in [5.74, 6) is -1.16. The van der Waals surface area contributed by atoms with Crippen molar-refractivity contribution in [3.05, 3.63) is 59.7 Å². The molecule has 35 heavy (non-hydrogen) atoms. The van der Waals surface area contributed by atoms with Gasteiger partial charge in [0.25, 0.3) is 0 Å². The molecule has 0 aromatic heterocycles. The number of carboxylic acid groups (broad SMARTS) is 1. The number of rotatable bonds is 8. The number of carboxylic acids is 1. The molecule has 2 amide bonds. The van der Waals surface area contributed by atoms with Crippen LogP contribution in [0.3, 0.4) is 0 Å². The second-order valence-corrected chi connectivity index (χ2v) is 10.1. The van der Waals surface area contributed by atoms with E-state index < -0.39 is 17.5 Å². The van der Waals surface area contributed by atoms with E-state index >= 15 is 0 Å². The number of amides is 2. The summed E-state index contributed by atoms with van der Waals surface area (Å²) in [4.78, 5) is 39.2. The van der Waals surface area contributed by atoms with E-state index in [0.717, 1.165) is 43.2 Å². The van der Waals surface area contributed by atoms with E-state index in [1.807, 2.05) is 24.3 Å². The number of carbonyl (C=O) groups is 3. The average molecular weight is 477 g/mol. The summed E-state index contributed by atoms with van der Waals surface area (Å²) in [6, 6.07) is 16.3. The monoisotopic (exact) mass is 476 g/mol. The van der Waals surface area contributed by atoms with Crippen LogP contribution in [0.5, 0.6) is 0 Å². The average Bonchev–Trinajstić information content (AvgIpc) is 3.47. The van der Waals surface area contributed by atoms with Crippen LogP contribution in [0.25, 0.3) is 11.1 Å². The van der Waals surface area contributed by atoms with Crippen molar-refractivity contribution in [2.24, 2.45) is 5.41 Å². The van der Waals surface area contributed by atoms with Gasteiger partial charge in [-0.25, -0.2) is 4.79 Å². The third-order valence-electron chi connectivity index (χ3n) is 8.01. The Labute approximate surface area is 205 Å². The Morgan fingerprint density at radius 2 is 1.54 bits per heavy atom. The van der Waals surface area contributed by atoms with Gasteiger partial charge in [-0.15, -0.1) is 0 Å². The molecule has 184 valence electrons. The van der Waals surface area contributed by atoms with Gasteiger partial charge in [-0.3, -0.25) is 9.59 Å². The van der Waals surface area contributed by atoms with Gasteiger partial charge in [-0.2, -0.15) is 0 Å². The van der Waals surface area contributed by atoms with E-state index in [4.69, 9.17) is 4.74 Å². The quantitative estimate of drug-likeness (QED) is 0.583. The van der Waals surface area contributed by atoms with Gasteiger partial charge in [0.1, 0.15) is 13.2 Å². The molecule has 7 heteroatoms. The van der Waals surface area contributed by atoms with Crippen LogP contribution in [-0.4, -0.2) is 53.7 Å². The van der Waals surface area contributed by atoms with Crippen molar-refractivity contribution < 1.29 is 24.2 Å². The molecule has 2 fully saturated rings. The third kappa shape index (κ3) is 4.51. The first-order chi connectivity index (χ1) is 17.0. The van der Waals surface area contributed by atoms with Gasteiger partial charge in [0, 0.05) is 18.5 Å². The zero-order chi connectivity index (χ0) is 24.4. The summed E-state index contributed by atoms with van der Waals surface area (Å²) in [5, 5.41) is 12.2. The largest absolute Gasteiger partial charge is 0.480 e. The van der Waals surface area contributed by atoms with Crippen molar-refractivity contribution >= 4 is 18.0 Å². The van der Waals surface area contributed by atoms with E-state index in [-0.39, 0.29) is 37.6 Å². The molecule has 0 saturated heterocycles. The Hall–Kier alpha value is -3.35. The van der Waals surface area contributed by atoms with Gasteiger partial charge in [0.05, 0.1) is 5.41 Å². The number of hydrogen-bond acceptors (Lipinski definition) is 4. The second kappa shape index (κ2) is 9.72. The highest BCUT2D eigenvalue weighted by atomic mass is 16.5. The predicted molar refractivity (Wildman–Crippen MR) is 131 cm³/mol. The number of benzene rings is 2. The molecule has 2 aromatic carbocycles. The summed E-state index contributed by atoms with van der Waals surface area (Å²) >= 11 is 0. The molecule has 0 bridgehead atoms. The highest BCUT2D eigenvalue weighted by molar-refractivity contribution is 5.88. The topological polar surface area (TPSA) is 95.9 Å². The van der Waals surface area contributed by atoms with Gasteiger partial charge < -0.3 is 20.1 Å². The van der Waals surface area contributed by atoms with Crippen molar-refractivity contribution in [2.45, 2.75) is 56.9 Å². The number of fused-ring (bicyclic) bond motifs is 3. The first-order valence-electron chi connectivity index (χ1n) is 12.6. The van der Waals surface area contributed by atoms with E-state index in [1.165, 1.54) is 11.1 Å². The van der Waals surface area contributed by atoms with Crippen LogP contribution in [0, 0.1) is 5.41 Å². The fourth-order valence-corrected chi connectivity index (χ4v) is 5.99. The summed E-state index contributed by atoms with van der Waals surface area (Å²) in [6.07, 6.45) is 5.36. The molecule has 5 rings (SSSR count). The zero-order valence-electron chi connectivity index (χ0n) is 19.9. The molecular weight excluding hydrogens is 444 g/mol. The Bertz CT molecular complexity index is 1070. The molecular formula is C28H32N2O5. The lowest BCUT2D eigenvalue weighted by Crippen LogP contribution is -2.56. The van der Waals surface area contributed by atoms with Gasteiger partial charge >= 0.3 is 12.1 Å². The maximum atomic E-state index is 13.5. The second-order valence-electron chi connectivity index (χ2n) is 10.1. The maximum absolute atomic E-state index is 13.5. The molecule has 2 N–H and O–H groups in total. The predicted octanol–water partition coefficient (Wildman–Crippen LogP) is 4.55. The maximum Gasteiger partial charge on any atom is 0.407 e.